The highest BCUT2D eigenvalue weighted by molar-refractivity contribution is 6.32. The zero-order chi connectivity index (χ0) is 25.4. The second-order valence-electron chi connectivity index (χ2n) is 8.41. The summed E-state index contributed by atoms with van der Waals surface area (Å²) in [4.78, 5) is 28.3. The fraction of sp³-hybridized carbons (Fsp3) is 0.286. The Morgan fingerprint density at radius 3 is 2.23 bits per heavy atom. The van der Waals surface area contributed by atoms with E-state index >= 15 is 0 Å². The van der Waals surface area contributed by atoms with Crippen LogP contribution in [0.2, 0.25) is 10.0 Å². The lowest BCUT2D eigenvalue weighted by Gasteiger charge is -2.31. The number of likely N-dealkylation sites (N-methyl/N-ethyl adjacent to an activating group) is 1. The van der Waals surface area contributed by atoms with Gasteiger partial charge < -0.3 is 15.0 Å². The summed E-state index contributed by atoms with van der Waals surface area (Å²) in [6.45, 7) is 6.10. The van der Waals surface area contributed by atoms with E-state index in [0.29, 0.717) is 28.8 Å². The molecule has 0 aliphatic heterocycles. The molecule has 0 heterocycles. The average molecular weight is 513 g/mol. The van der Waals surface area contributed by atoms with Crippen LogP contribution in [0.5, 0.6) is 5.75 Å². The van der Waals surface area contributed by atoms with Crippen molar-refractivity contribution in [1.82, 2.24) is 10.2 Å². The Labute approximate surface area is 217 Å². The van der Waals surface area contributed by atoms with Crippen molar-refractivity contribution in [2.75, 3.05) is 13.2 Å². The summed E-state index contributed by atoms with van der Waals surface area (Å²) in [7, 11) is 0. The van der Waals surface area contributed by atoms with Gasteiger partial charge >= 0.3 is 0 Å². The molecule has 2 amide bonds. The molecular formula is C28H30Cl2N2O3. The van der Waals surface area contributed by atoms with E-state index in [0.717, 1.165) is 22.3 Å². The van der Waals surface area contributed by atoms with Crippen LogP contribution < -0.4 is 10.1 Å². The van der Waals surface area contributed by atoms with Crippen LogP contribution >= 0.6 is 23.2 Å². The van der Waals surface area contributed by atoms with Gasteiger partial charge in [0, 0.05) is 29.6 Å². The highest BCUT2D eigenvalue weighted by Crippen LogP contribution is 2.26. The lowest BCUT2D eigenvalue weighted by Crippen LogP contribution is -2.51. The number of aryl methyl sites for hydroxylation is 2. The third-order valence-corrected chi connectivity index (χ3v) is 6.47. The molecule has 3 aromatic carbocycles. The molecular weight excluding hydrogens is 483 g/mol. The molecule has 0 saturated heterocycles. The van der Waals surface area contributed by atoms with E-state index in [9.17, 15) is 9.59 Å². The number of hydrogen-bond donors (Lipinski definition) is 1. The summed E-state index contributed by atoms with van der Waals surface area (Å²) in [6.07, 6.45) is 0.373. The first kappa shape index (κ1) is 26.6. The first-order valence-corrected chi connectivity index (χ1v) is 12.3. The molecule has 35 heavy (non-hydrogen) atoms. The van der Waals surface area contributed by atoms with Crippen LogP contribution in [-0.2, 0) is 22.6 Å². The summed E-state index contributed by atoms with van der Waals surface area (Å²) in [6, 6.07) is 19.8. The summed E-state index contributed by atoms with van der Waals surface area (Å²) in [5, 5.41) is 4.12. The van der Waals surface area contributed by atoms with Crippen molar-refractivity contribution in [3.8, 4) is 5.75 Å². The normalized spacial score (nSPS) is 11.6. The molecule has 7 heteroatoms. The van der Waals surface area contributed by atoms with Crippen molar-refractivity contribution in [2.24, 2.45) is 0 Å². The summed E-state index contributed by atoms with van der Waals surface area (Å²) in [5.74, 6) is 0.0328. The third-order valence-electron chi connectivity index (χ3n) is 5.64. The highest BCUT2D eigenvalue weighted by Gasteiger charge is 2.30. The topological polar surface area (TPSA) is 58.6 Å². The Hall–Kier alpha value is -3.02. The second kappa shape index (κ2) is 12.6. The van der Waals surface area contributed by atoms with Gasteiger partial charge in [0.2, 0.25) is 5.91 Å². The number of carbonyl (C=O) groups excluding carboxylic acids is 2. The minimum absolute atomic E-state index is 0.216. The Morgan fingerprint density at radius 1 is 0.943 bits per heavy atom. The molecule has 0 radical (unpaired) electrons. The van der Waals surface area contributed by atoms with Gasteiger partial charge in [-0.05, 0) is 67.3 Å². The number of nitrogens with zero attached hydrogens (tertiary/aromatic N) is 1. The van der Waals surface area contributed by atoms with E-state index in [1.807, 2.05) is 63.2 Å². The SMILES string of the molecule is CCNC(=O)[C@H](Cc1ccccc1)N(Cc1cccc(Cl)c1)C(=O)COc1cc(C)c(Cl)c(C)c1. The number of ether oxygens (including phenoxy) is 1. The zero-order valence-corrected chi connectivity index (χ0v) is 21.7. The smallest absolute Gasteiger partial charge is 0.261 e. The number of carbonyl (C=O) groups is 2. The van der Waals surface area contributed by atoms with E-state index in [2.05, 4.69) is 5.32 Å². The van der Waals surface area contributed by atoms with E-state index in [4.69, 9.17) is 27.9 Å². The van der Waals surface area contributed by atoms with E-state index < -0.39 is 6.04 Å². The van der Waals surface area contributed by atoms with Gasteiger partial charge in [0.1, 0.15) is 11.8 Å². The van der Waals surface area contributed by atoms with E-state index in [1.54, 1.807) is 29.2 Å². The Kier molecular flexibility index (Phi) is 9.58. The molecule has 5 nitrogen and oxygen atoms in total. The molecule has 0 aromatic heterocycles. The largest absolute Gasteiger partial charge is 0.484 e. The van der Waals surface area contributed by atoms with E-state index in [-0.39, 0.29) is 25.0 Å². The Bertz CT molecular complexity index is 1140. The third kappa shape index (κ3) is 7.48. The van der Waals surface area contributed by atoms with Crippen molar-refractivity contribution in [2.45, 2.75) is 39.8 Å². The fourth-order valence-corrected chi connectivity index (χ4v) is 4.22. The lowest BCUT2D eigenvalue weighted by molar-refractivity contribution is -0.142. The molecule has 1 atom stereocenters. The monoisotopic (exact) mass is 512 g/mol. The molecule has 3 aromatic rings. The molecule has 0 fully saturated rings. The predicted octanol–water partition coefficient (Wildman–Crippen LogP) is 5.77. The molecule has 0 spiro atoms. The minimum Gasteiger partial charge on any atom is -0.484 e. The molecule has 3 rings (SSSR count). The van der Waals surface area contributed by atoms with Gasteiger partial charge in [0.05, 0.1) is 0 Å². The number of hydrogen-bond acceptors (Lipinski definition) is 3. The van der Waals surface area contributed by atoms with Crippen LogP contribution in [0.1, 0.15) is 29.2 Å². The molecule has 0 aliphatic rings. The summed E-state index contributed by atoms with van der Waals surface area (Å²) >= 11 is 12.5. The van der Waals surface area contributed by atoms with Crippen molar-refractivity contribution in [3.05, 3.63) is 99.0 Å². The number of halogens is 2. The average Bonchev–Trinajstić information content (AvgIpc) is 2.84. The predicted molar refractivity (Wildman–Crippen MR) is 141 cm³/mol. The first-order valence-electron chi connectivity index (χ1n) is 11.5. The quantitative estimate of drug-likeness (QED) is 0.375. The van der Waals surface area contributed by atoms with Crippen LogP contribution in [0.25, 0.3) is 0 Å². The van der Waals surface area contributed by atoms with Crippen LogP contribution in [0, 0.1) is 13.8 Å². The molecule has 184 valence electrons. The summed E-state index contributed by atoms with van der Waals surface area (Å²) in [5.41, 5.74) is 3.52. The maximum atomic E-state index is 13.5. The minimum atomic E-state index is -0.721. The molecule has 1 N–H and O–H groups in total. The van der Waals surface area contributed by atoms with Crippen molar-refractivity contribution < 1.29 is 14.3 Å². The van der Waals surface area contributed by atoms with Gasteiger partial charge in [-0.3, -0.25) is 9.59 Å². The van der Waals surface area contributed by atoms with Gasteiger partial charge in [-0.1, -0.05) is 65.7 Å². The van der Waals surface area contributed by atoms with Gasteiger partial charge in [-0.2, -0.15) is 0 Å². The number of nitrogens with one attached hydrogen (secondary N) is 1. The van der Waals surface area contributed by atoms with Gasteiger partial charge in [-0.15, -0.1) is 0 Å². The Morgan fingerprint density at radius 2 is 1.60 bits per heavy atom. The maximum Gasteiger partial charge on any atom is 0.261 e. The highest BCUT2D eigenvalue weighted by atomic mass is 35.5. The fourth-order valence-electron chi connectivity index (χ4n) is 3.90. The van der Waals surface area contributed by atoms with Crippen molar-refractivity contribution in [3.63, 3.8) is 0 Å². The number of rotatable bonds is 10. The van der Waals surface area contributed by atoms with Crippen LogP contribution in [0.3, 0.4) is 0 Å². The molecule has 0 saturated carbocycles. The molecule has 0 aliphatic carbocycles. The number of amides is 2. The standard InChI is InChI=1S/C28H30Cl2N2O3/c1-4-31-28(34)25(16-21-9-6-5-7-10-21)32(17-22-11-8-12-23(29)15-22)26(33)18-35-24-13-19(2)27(30)20(3)14-24/h5-15,25H,4,16-18H2,1-3H3,(H,31,34)/t25-/m0/s1. The van der Waals surface area contributed by atoms with Crippen LogP contribution in [-0.4, -0.2) is 35.9 Å². The Balaban J connectivity index is 1.90. The van der Waals surface area contributed by atoms with Crippen LogP contribution in [0.15, 0.2) is 66.7 Å². The van der Waals surface area contributed by atoms with Crippen molar-refractivity contribution in [1.29, 1.82) is 0 Å². The maximum absolute atomic E-state index is 13.5. The number of benzene rings is 3. The van der Waals surface area contributed by atoms with Gasteiger partial charge in [-0.25, -0.2) is 0 Å². The second-order valence-corrected chi connectivity index (χ2v) is 9.23. The first-order chi connectivity index (χ1) is 16.8. The van der Waals surface area contributed by atoms with E-state index in [1.165, 1.54) is 0 Å². The van der Waals surface area contributed by atoms with Gasteiger partial charge in [0.25, 0.3) is 5.91 Å². The lowest BCUT2D eigenvalue weighted by atomic mass is 10.0. The zero-order valence-electron chi connectivity index (χ0n) is 20.2. The molecule has 0 bridgehead atoms. The van der Waals surface area contributed by atoms with Crippen LogP contribution in [0.4, 0.5) is 0 Å². The summed E-state index contributed by atoms with van der Waals surface area (Å²) < 4.78 is 5.86. The van der Waals surface area contributed by atoms with Crippen molar-refractivity contribution >= 4 is 35.0 Å². The van der Waals surface area contributed by atoms with Gasteiger partial charge in [0.15, 0.2) is 6.61 Å². The molecule has 0 unspecified atom stereocenters.